The number of rotatable bonds is 9. The van der Waals surface area contributed by atoms with Gasteiger partial charge in [-0.2, -0.15) is 0 Å². The van der Waals surface area contributed by atoms with Crippen LogP contribution in [-0.2, 0) is 9.47 Å². The molecule has 0 aromatic heterocycles. The van der Waals surface area contributed by atoms with Crippen LogP contribution in [0.2, 0.25) is 0 Å². The third kappa shape index (κ3) is 4.72. The van der Waals surface area contributed by atoms with E-state index in [-0.39, 0.29) is 24.4 Å². The molecule has 1 aliphatic heterocycles. The normalized spacial score (nSPS) is 18.9. The van der Waals surface area contributed by atoms with E-state index in [1.54, 1.807) is 0 Å². The van der Waals surface area contributed by atoms with Crippen LogP contribution < -0.4 is 0 Å². The van der Waals surface area contributed by atoms with Gasteiger partial charge in [0.15, 0.2) is 0 Å². The maximum Gasteiger partial charge on any atom is 0.338 e. The second-order valence-electron chi connectivity index (χ2n) is 5.56. The average Bonchev–Trinajstić information content (AvgIpc) is 3.30. The Morgan fingerprint density at radius 1 is 1.12 bits per heavy atom. The molecule has 1 aliphatic rings. The molecule has 0 bridgehead atoms. The van der Waals surface area contributed by atoms with E-state index in [0.29, 0.717) is 0 Å². The van der Waals surface area contributed by atoms with E-state index in [9.17, 15) is 25.0 Å². The number of benzene rings is 1. The molecule has 1 aromatic rings. The second kappa shape index (κ2) is 7.82. The lowest BCUT2D eigenvalue weighted by Gasteiger charge is -2.03. The van der Waals surface area contributed by atoms with E-state index in [4.69, 9.17) is 9.47 Å². The quantitative estimate of drug-likeness (QED) is 0.223. The van der Waals surface area contributed by atoms with Gasteiger partial charge < -0.3 is 9.47 Å². The van der Waals surface area contributed by atoms with Gasteiger partial charge in [0.1, 0.15) is 12.7 Å². The van der Waals surface area contributed by atoms with Gasteiger partial charge in [0.05, 0.1) is 27.6 Å². The monoisotopic (exact) mass is 338 g/mol. The maximum atomic E-state index is 12.0. The van der Waals surface area contributed by atoms with Gasteiger partial charge in [0.2, 0.25) is 0 Å². The van der Waals surface area contributed by atoms with E-state index in [2.05, 4.69) is 6.92 Å². The first-order chi connectivity index (χ1) is 11.4. The first-order valence-electron chi connectivity index (χ1n) is 7.68. The number of nitrogens with zero attached hydrogens (tertiary/aromatic N) is 2. The summed E-state index contributed by atoms with van der Waals surface area (Å²) in [5.74, 6) is -0.843. The van der Waals surface area contributed by atoms with Crippen LogP contribution in [0, 0.1) is 20.2 Å². The van der Waals surface area contributed by atoms with Crippen molar-refractivity contribution in [3.8, 4) is 0 Å². The topological polar surface area (TPSA) is 125 Å². The molecule has 0 radical (unpaired) electrons. The number of nitro benzene ring substituents is 2. The summed E-state index contributed by atoms with van der Waals surface area (Å²) >= 11 is 0. The van der Waals surface area contributed by atoms with Gasteiger partial charge in [-0.25, -0.2) is 4.79 Å². The van der Waals surface area contributed by atoms with E-state index in [1.165, 1.54) is 0 Å². The average molecular weight is 338 g/mol. The molecule has 1 heterocycles. The Balaban J connectivity index is 1.93. The van der Waals surface area contributed by atoms with Crippen molar-refractivity contribution in [1.82, 2.24) is 0 Å². The van der Waals surface area contributed by atoms with E-state index in [1.807, 2.05) is 0 Å². The van der Waals surface area contributed by atoms with Crippen LogP contribution in [0.25, 0.3) is 0 Å². The molecular formula is C15H18N2O7. The highest BCUT2D eigenvalue weighted by Crippen LogP contribution is 2.28. The lowest BCUT2D eigenvalue weighted by molar-refractivity contribution is -0.394. The number of hydrogen-bond donors (Lipinski definition) is 0. The number of unbranched alkanes of at least 4 members (excludes halogenated alkanes) is 2. The number of ether oxygens (including phenoxy) is 2. The minimum Gasteiger partial charge on any atom is -0.459 e. The van der Waals surface area contributed by atoms with Gasteiger partial charge in [0.25, 0.3) is 11.4 Å². The van der Waals surface area contributed by atoms with Gasteiger partial charge in [0, 0.05) is 12.1 Å². The summed E-state index contributed by atoms with van der Waals surface area (Å²) in [4.78, 5) is 32.0. The van der Waals surface area contributed by atoms with Crippen LogP contribution in [0.15, 0.2) is 18.2 Å². The summed E-state index contributed by atoms with van der Waals surface area (Å²) < 4.78 is 10.4. The molecule has 0 saturated carbocycles. The van der Waals surface area contributed by atoms with Crippen molar-refractivity contribution in [3.63, 3.8) is 0 Å². The van der Waals surface area contributed by atoms with Crippen LogP contribution in [0.4, 0.5) is 11.4 Å². The zero-order chi connectivity index (χ0) is 17.7. The van der Waals surface area contributed by atoms with Crippen LogP contribution in [-0.4, -0.2) is 34.6 Å². The van der Waals surface area contributed by atoms with Gasteiger partial charge in [-0.1, -0.05) is 26.2 Å². The number of nitro groups is 2. The smallest absolute Gasteiger partial charge is 0.338 e. The Labute approximate surface area is 137 Å². The zero-order valence-corrected chi connectivity index (χ0v) is 13.2. The number of carbonyl (C=O) groups excluding carboxylic acids is 1. The van der Waals surface area contributed by atoms with E-state index in [0.717, 1.165) is 43.9 Å². The molecule has 0 spiro atoms. The minimum absolute atomic E-state index is 0.0338. The maximum absolute atomic E-state index is 12.0. The summed E-state index contributed by atoms with van der Waals surface area (Å²) in [6.45, 7) is 2.14. The lowest BCUT2D eigenvalue weighted by Crippen LogP contribution is -2.12. The minimum atomic E-state index is -0.843. The van der Waals surface area contributed by atoms with Crippen molar-refractivity contribution in [2.45, 2.75) is 44.8 Å². The molecule has 0 aliphatic carbocycles. The van der Waals surface area contributed by atoms with Crippen molar-refractivity contribution in [2.75, 3.05) is 6.61 Å². The molecule has 1 aromatic carbocycles. The summed E-state index contributed by atoms with van der Waals surface area (Å²) in [6.07, 6.45) is 4.08. The Morgan fingerprint density at radius 3 is 2.29 bits per heavy atom. The third-order valence-electron chi connectivity index (χ3n) is 3.72. The van der Waals surface area contributed by atoms with Gasteiger partial charge in [-0.15, -0.1) is 0 Å². The summed E-state index contributed by atoms with van der Waals surface area (Å²) in [7, 11) is 0. The van der Waals surface area contributed by atoms with Crippen molar-refractivity contribution >= 4 is 17.3 Å². The molecule has 1 saturated heterocycles. The van der Waals surface area contributed by atoms with Crippen molar-refractivity contribution in [1.29, 1.82) is 0 Å². The summed E-state index contributed by atoms with van der Waals surface area (Å²) in [5.41, 5.74) is -1.29. The molecule has 130 valence electrons. The predicted octanol–water partition coefficient (Wildman–Crippen LogP) is 3.01. The molecule has 0 N–H and O–H groups in total. The van der Waals surface area contributed by atoms with Crippen molar-refractivity contribution in [2.24, 2.45) is 0 Å². The number of esters is 1. The van der Waals surface area contributed by atoms with Crippen LogP contribution in [0.3, 0.4) is 0 Å². The molecule has 0 unspecified atom stereocenters. The van der Waals surface area contributed by atoms with Crippen molar-refractivity contribution < 1.29 is 24.1 Å². The van der Waals surface area contributed by atoms with Crippen LogP contribution in [0.5, 0.6) is 0 Å². The number of epoxide rings is 1. The second-order valence-corrected chi connectivity index (χ2v) is 5.56. The summed E-state index contributed by atoms with van der Waals surface area (Å²) in [5, 5.41) is 21.6. The highest BCUT2D eigenvalue weighted by Gasteiger charge is 2.39. The Hall–Kier alpha value is -2.55. The van der Waals surface area contributed by atoms with Crippen LogP contribution in [0.1, 0.15) is 43.0 Å². The fraction of sp³-hybridized carbons (Fsp3) is 0.533. The number of carbonyl (C=O) groups is 1. The predicted molar refractivity (Wildman–Crippen MR) is 82.8 cm³/mol. The Bertz CT molecular complexity index is 614. The first kappa shape index (κ1) is 17.8. The highest BCUT2D eigenvalue weighted by atomic mass is 16.6. The Kier molecular flexibility index (Phi) is 5.80. The third-order valence-corrected chi connectivity index (χ3v) is 3.72. The molecule has 9 heteroatoms. The van der Waals surface area contributed by atoms with E-state index < -0.39 is 27.2 Å². The highest BCUT2D eigenvalue weighted by molar-refractivity contribution is 5.91. The molecule has 2 rings (SSSR count). The van der Waals surface area contributed by atoms with E-state index >= 15 is 0 Å². The zero-order valence-electron chi connectivity index (χ0n) is 13.2. The number of hydrogen-bond acceptors (Lipinski definition) is 7. The first-order valence-corrected chi connectivity index (χ1v) is 7.68. The molecule has 0 amide bonds. The summed E-state index contributed by atoms with van der Waals surface area (Å²) in [6, 6.07) is 2.72. The van der Waals surface area contributed by atoms with Gasteiger partial charge in [-0.3, -0.25) is 20.2 Å². The Morgan fingerprint density at radius 2 is 1.75 bits per heavy atom. The number of non-ortho nitro benzene ring substituents is 2. The fourth-order valence-corrected chi connectivity index (χ4v) is 2.34. The SMILES string of the molecule is CCCCC[C@H]1O[C@@H]1COC(=O)c1cc([N+](=O)[O-])cc([N+](=O)[O-])c1. The fourth-order valence-electron chi connectivity index (χ4n) is 2.34. The van der Waals surface area contributed by atoms with Crippen LogP contribution >= 0.6 is 0 Å². The lowest BCUT2D eigenvalue weighted by atomic mass is 10.1. The van der Waals surface area contributed by atoms with Gasteiger partial charge in [-0.05, 0) is 6.42 Å². The molecule has 1 fully saturated rings. The van der Waals surface area contributed by atoms with Gasteiger partial charge >= 0.3 is 5.97 Å². The van der Waals surface area contributed by atoms with Crippen molar-refractivity contribution in [3.05, 3.63) is 44.0 Å². The molecule has 24 heavy (non-hydrogen) atoms. The standard InChI is InChI=1S/C15H18N2O7/c1-2-3-4-5-13-14(24-13)9-23-15(18)10-6-11(16(19)20)8-12(7-10)17(21)22/h6-8,13-14H,2-5,9H2,1H3/t13-,14-/m1/s1. The molecule has 9 nitrogen and oxygen atoms in total. The molecule has 2 atom stereocenters. The largest absolute Gasteiger partial charge is 0.459 e. The molecular weight excluding hydrogens is 320 g/mol.